The Kier molecular flexibility index (Phi) is 7.15. The highest BCUT2D eigenvalue weighted by Crippen LogP contribution is 2.28. The van der Waals surface area contributed by atoms with Gasteiger partial charge in [-0.25, -0.2) is 0 Å². The van der Waals surface area contributed by atoms with Gasteiger partial charge in [0.05, 0.1) is 25.4 Å². The second kappa shape index (κ2) is 8.10. The molecule has 18 heavy (non-hydrogen) atoms. The topological polar surface area (TPSA) is 39.7 Å². The lowest BCUT2D eigenvalue weighted by Gasteiger charge is -2.32. The monoisotopic (exact) mass is 259 g/mol. The lowest BCUT2D eigenvalue weighted by molar-refractivity contribution is -0.0938. The van der Waals surface area contributed by atoms with Crippen LogP contribution in [0.1, 0.15) is 47.0 Å². The number of hydrogen-bond acceptors (Lipinski definition) is 4. The average molecular weight is 259 g/mol. The molecule has 1 fully saturated rings. The number of ether oxygens (including phenoxy) is 2. The van der Waals surface area contributed by atoms with Crippen LogP contribution in [0.2, 0.25) is 0 Å². The van der Waals surface area contributed by atoms with Crippen molar-refractivity contribution in [2.75, 3.05) is 26.4 Å². The smallest absolute Gasteiger partial charge is 0.0838 e. The molecule has 0 spiro atoms. The van der Waals surface area contributed by atoms with Crippen LogP contribution in [0.5, 0.6) is 0 Å². The van der Waals surface area contributed by atoms with E-state index in [1.54, 1.807) is 0 Å². The molecule has 2 unspecified atom stereocenters. The summed E-state index contributed by atoms with van der Waals surface area (Å²) < 4.78 is 10.9. The highest BCUT2D eigenvalue weighted by molar-refractivity contribution is 4.76. The molecular formula is C14H29NO3. The van der Waals surface area contributed by atoms with Gasteiger partial charge in [-0.05, 0) is 24.7 Å². The molecule has 0 radical (unpaired) electrons. The standard InChI is InChI=1S/C14H29NO3/c1-5-13(14(3,4)6-2)18-15-8-10-17-12-7-9-16-11-12/h12-13,15H,5-11H2,1-4H3. The molecule has 1 rings (SSSR count). The molecule has 0 aromatic carbocycles. The van der Waals surface area contributed by atoms with Crippen molar-refractivity contribution in [1.82, 2.24) is 5.48 Å². The largest absolute Gasteiger partial charge is 0.379 e. The minimum atomic E-state index is 0.210. The van der Waals surface area contributed by atoms with Gasteiger partial charge in [-0.2, -0.15) is 5.48 Å². The average Bonchev–Trinajstić information content (AvgIpc) is 2.86. The van der Waals surface area contributed by atoms with Gasteiger partial charge >= 0.3 is 0 Å². The summed E-state index contributed by atoms with van der Waals surface area (Å²) in [5.41, 5.74) is 3.25. The van der Waals surface area contributed by atoms with E-state index in [2.05, 4.69) is 33.2 Å². The van der Waals surface area contributed by atoms with Crippen LogP contribution in [0.3, 0.4) is 0 Å². The third-order valence-corrected chi connectivity index (χ3v) is 3.82. The third-order valence-electron chi connectivity index (χ3n) is 3.82. The minimum Gasteiger partial charge on any atom is -0.379 e. The molecule has 0 aliphatic carbocycles. The summed E-state index contributed by atoms with van der Waals surface area (Å²) >= 11 is 0. The molecule has 108 valence electrons. The van der Waals surface area contributed by atoms with Crippen LogP contribution in [0, 0.1) is 5.41 Å². The predicted molar refractivity (Wildman–Crippen MR) is 72.4 cm³/mol. The van der Waals surface area contributed by atoms with Crippen LogP contribution in [0.4, 0.5) is 0 Å². The lowest BCUT2D eigenvalue weighted by Crippen LogP contribution is -2.37. The zero-order chi connectivity index (χ0) is 13.4. The Labute approximate surface area is 111 Å². The summed E-state index contributed by atoms with van der Waals surface area (Å²) in [7, 11) is 0. The molecule has 0 saturated carbocycles. The molecule has 0 aromatic rings. The second-order valence-corrected chi connectivity index (χ2v) is 5.61. The van der Waals surface area contributed by atoms with Gasteiger partial charge in [0, 0.05) is 13.2 Å². The van der Waals surface area contributed by atoms with Gasteiger partial charge in [0.1, 0.15) is 0 Å². The maximum Gasteiger partial charge on any atom is 0.0838 e. The molecule has 1 saturated heterocycles. The van der Waals surface area contributed by atoms with E-state index in [-0.39, 0.29) is 17.6 Å². The minimum absolute atomic E-state index is 0.210. The molecule has 4 heteroatoms. The molecule has 1 heterocycles. The normalized spacial score (nSPS) is 22.3. The van der Waals surface area contributed by atoms with Crippen molar-refractivity contribution in [1.29, 1.82) is 0 Å². The van der Waals surface area contributed by atoms with Crippen LogP contribution in [-0.2, 0) is 14.3 Å². The van der Waals surface area contributed by atoms with Crippen LogP contribution < -0.4 is 5.48 Å². The van der Waals surface area contributed by atoms with Crippen molar-refractivity contribution in [3.8, 4) is 0 Å². The van der Waals surface area contributed by atoms with E-state index in [0.717, 1.165) is 39.0 Å². The van der Waals surface area contributed by atoms with Crippen LogP contribution in [-0.4, -0.2) is 38.6 Å². The summed E-state index contributed by atoms with van der Waals surface area (Å²) in [4.78, 5) is 5.75. The molecule has 4 nitrogen and oxygen atoms in total. The summed E-state index contributed by atoms with van der Waals surface area (Å²) in [6, 6.07) is 0. The van der Waals surface area contributed by atoms with Crippen LogP contribution in [0.15, 0.2) is 0 Å². The predicted octanol–water partition coefficient (Wildman–Crippen LogP) is 2.53. The molecule has 2 atom stereocenters. The highest BCUT2D eigenvalue weighted by atomic mass is 16.7. The third kappa shape index (κ3) is 5.22. The Morgan fingerprint density at radius 3 is 2.72 bits per heavy atom. The second-order valence-electron chi connectivity index (χ2n) is 5.61. The van der Waals surface area contributed by atoms with Crippen molar-refractivity contribution in [2.24, 2.45) is 5.41 Å². The first-order chi connectivity index (χ1) is 8.60. The van der Waals surface area contributed by atoms with Gasteiger partial charge in [0.2, 0.25) is 0 Å². The zero-order valence-corrected chi connectivity index (χ0v) is 12.3. The van der Waals surface area contributed by atoms with E-state index in [9.17, 15) is 0 Å². The molecule has 1 aliphatic rings. The number of hydroxylamine groups is 1. The highest BCUT2D eigenvalue weighted by Gasteiger charge is 2.27. The van der Waals surface area contributed by atoms with Gasteiger partial charge in [0.25, 0.3) is 0 Å². The Hall–Kier alpha value is -0.160. The van der Waals surface area contributed by atoms with Gasteiger partial charge in [0.15, 0.2) is 0 Å². The summed E-state index contributed by atoms with van der Waals surface area (Å²) in [5, 5.41) is 0. The molecule has 1 aliphatic heterocycles. The van der Waals surface area contributed by atoms with Gasteiger partial charge in [-0.15, -0.1) is 0 Å². The van der Waals surface area contributed by atoms with Crippen molar-refractivity contribution < 1.29 is 14.3 Å². The number of nitrogens with one attached hydrogen (secondary N) is 1. The molecule has 0 bridgehead atoms. The fourth-order valence-corrected chi connectivity index (χ4v) is 2.09. The van der Waals surface area contributed by atoms with E-state index in [1.807, 2.05) is 0 Å². The lowest BCUT2D eigenvalue weighted by atomic mass is 9.83. The van der Waals surface area contributed by atoms with E-state index in [1.165, 1.54) is 0 Å². The fourth-order valence-electron chi connectivity index (χ4n) is 2.09. The molecule has 0 amide bonds. The van der Waals surface area contributed by atoms with E-state index >= 15 is 0 Å². The van der Waals surface area contributed by atoms with E-state index in [4.69, 9.17) is 14.3 Å². The number of rotatable bonds is 9. The Bertz CT molecular complexity index is 215. The van der Waals surface area contributed by atoms with Crippen LogP contribution >= 0.6 is 0 Å². The first kappa shape index (κ1) is 15.9. The Balaban J connectivity index is 2.08. The number of hydrogen-bond donors (Lipinski definition) is 1. The SMILES string of the molecule is CCC(ONCCOC1CCOC1)C(C)(C)CC. The molecule has 0 aromatic heterocycles. The summed E-state index contributed by atoms with van der Waals surface area (Å²) in [6.07, 6.45) is 3.67. The van der Waals surface area contributed by atoms with Crippen LogP contribution in [0.25, 0.3) is 0 Å². The molecule has 1 N–H and O–H groups in total. The Morgan fingerprint density at radius 2 is 2.17 bits per heavy atom. The maximum atomic E-state index is 5.75. The van der Waals surface area contributed by atoms with Gasteiger partial charge in [-0.3, -0.25) is 4.84 Å². The van der Waals surface area contributed by atoms with Crippen molar-refractivity contribution >= 4 is 0 Å². The quantitative estimate of drug-likeness (QED) is 0.510. The Morgan fingerprint density at radius 1 is 1.39 bits per heavy atom. The van der Waals surface area contributed by atoms with Crippen molar-refractivity contribution in [3.63, 3.8) is 0 Å². The fraction of sp³-hybridized carbons (Fsp3) is 1.00. The van der Waals surface area contributed by atoms with Crippen molar-refractivity contribution in [2.45, 2.75) is 59.2 Å². The van der Waals surface area contributed by atoms with Gasteiger partial charge in [-0.1, -0.05) is 27.7 Å². The summed E-state index contributed by atoms with van der Waals surface area (Å²) in [6.45, 7) is 11.8. The summed E-state index contributed by atoms with van der Waals surface area (Å²) in [5.74, 6) is 0. The van der Waals surface area contributed by atoms with E-state index < -0.39 is 0 Å². The van der Waals surface area contributed by atoms with Gasteiger partial charge < -0.3 is 9.47 Å². The van der Waals surface area contributed by atoms with Crippen molar-refractivity contribution in [3.05, 3.63) is 0 Å². The maximum absolute atomic E-state index is 5.75. The zero-order valence-electron chi connectivity index (χ0n) is 12.3. The van der Waals surface area contributed by atoms with E-state index in [0.29, 0.717) is 6.61 Å². The first-order valence-electron chi connectivity index (χ1n) is 7.18. The first-order valence-corrected chi connectivity index (χ1v) is 7.18. The molecular weight excluding hydrogens is 230 g/mol.